The van der Waals surface area contributed by atoms with Crippen LogP contribution in [0.4, 0.5) is 4.79 Å². The first-order chi connectivity index (χ1) is 20.1. The van der Waals surface area contributed by atoms with Crippen molar-refractivity contribution in [2.75, 3.05) is 26.9 Å². The monoisotopic (exact) mass is 602 g/mol. The Balaban J connectivity index is 1.83. The van der Waals surface area contributed by atoms with Crippen LogP contribution in [0.5, 0.6) is 0 Å². The van der Waals surface area contributed by atoms with E-state index in [1.165, 1.54) is 52.1 Å². The van der Waals surface area contributed by atoms with Crippen LogP contribution in [0.25, 0.3) is 0 Å². The van der Waals surface area contributed by atoms with Crippen molar-refractivity contribution in [3.63, 3.8) is 0 Å². The van der Waals surface area contributed by atoms with Crippen molar-refractivity contribution >= 4 is 12.1 Å². The summed E-state index contributed by atoms with van der Waals surface area (Å²) in [6.45, 7) is 12.2. The van der Waals surface area contributed by atoms with Crippen LogP contribution in [0.2, 0.25) is 0 Å². The van der Waals surface area contributed by atoms with Crippen molar-refractivity contribution in [3.8, 4) is 0 Å². The zero-order chi connectivity index (χ0) is 31.0. The van der Waals surface area contributed by atoms with Crippen LogP contribution < -0.4 is 0 Å². The van der Waals surface area contributed by atoms with Gasteiger partial charge in [0.25, 0.3) is 0 Å². The van der Waals surface area contributed by atoms with Gasteiger partial charge >= 0.3 is 12.1 Å². The fourth-order valence-corrected chi connectivity index (χ4v) is 5.04. The number of hydrogen-bond donors (Lipinski definition) is 0. The standard InChI is InChI=1S/C32H58O10/c1-8-9-10-11-12-13-14-15-16-19-25-38-22-24-26(41-25)27(39-23(2)3)28(29(35-7)40-24)42-31(34)37-21-18-17-20-36-30(33)32(4,5)6/h23-29H,8-22H2,1-7H3/t24?,25?,26-,27+,28?,29+/m1/s1. The van der Waals surface area contributed by atoms with Crippen molar-refractivity contribution in [1.29, 1.82) is 0 Å². The lowest BCUT2D eigenvalue weighted by Gasteiger charge is -2.48. The predicted octanol–water partition coefficient (Wildman–Crippen LogP) is 6.71. The van der Waals surface area contributed by atoms with Crippen LogP contribution in [0.3, 0.4) is 0 Å². The number of fused-ring (bicyclic) bond motifs is 1. The van der Waals surface area contributed by atoms with Crippen LogP contribution >= 0.6 is 0 Å². The molecule has 10 nitrogen and oxygen atoms in total. The molecule has 0 aliphatic carbocycles. The third-order valence-electron chi connectivity index (χ3n) is 7.39. The third-order valence-corrected chi connectivity index (χ3v) is 7.39. The van der Waals surface area contributed by atoms with Gasteiger partial charge in [-0.2, -0.15) is 0 Å². The average Bonchev–Trinajstić information content (AvgIpc) is 2.94. The Morgan fingerprint density at radius 1 is 0.833 bits per heavy atom. The zero-order valence-corrected chi connectivity index (χ0v) is 27.2. The molecule has 2 aliphatic rings. The van der Waals surface area contributed by atoms with Crippen LogP contribution in [-0.4, -0.2) is 82.2 Å². The summed E-state index contributed by atoms with van der Waals surface area (Å²) in [6.07, 6.45) is 8.54. The molecular formula is C32H58O10. The van der Waals surface area contributed by atoms with E-state index >= 15 is 0 Å². The minimum atomic E-state index is -0.884. The lowest BCUT2D eigenvalue weighted by atomic mass is 9.97. The summed E-state index contributed by atoms with van der Waals surface area (Å²) in [5.41, 5.74) is -0.546. The molecule has 2 heterocycles. The van der Waals surface area contributed by atoms with Crippen LogP contribution in [0.15, 0.2) is 0 Å². The SMILES string of the molecule is CCCCCCCCCCCC1OCC2O[C@H](OC)C(OC(=O)OCCCCOC(=O)C(C)(C)C)[C@@H](OC(C)C)[C@@H]2O1. The normalized spacial score (nSPS) is 26.1. The molecule has 0 amide bonds. The first kappa shape index (κ1) is 36.7. The van der Waals surface area contributed by atoms with Gasteiger partial charge in [0.15, 0.2) is 18.7 Å². The summed E-state index contributed by atoms with van der Waals surface area (Å²) < 4.78 is 46.4. The molecule has 0 bridgehead atoms. The maximum atomic E-state index is 12.6. The second kappa shape index (κ2) is 19.7. The molecule has 2 aliphatic heterocycles. The number of methoxy groups -OCH3 is 1. The molecule has 2 saturated heterocycles. The van der Waals surface area contributed by atoms with Gasteiger partial charge in [0, 0.05) is 7.11 Å². The largest absolute Gasteiger partial charge is 0.508 e. The van der Waals surface area contributed by atoms with Gasteiger partial charge in [0.1, 0.15) is 18.3 Å². The van der Waals surface area contributed by atoms with Gasteiger partial charge in [-0.15, -0.1) is 0 Å². The molecule has 0 saturated carbocycles. The Morgan fingerprint density at radius 2 is 1.45 bits per heavy atom. The molecule has 246 valence electrons. The summed E-state index contributed by atoms with van der Waals surface area (Å²) in [4.78, 5) is 24.5. The third kappa shape index (κ3) is 13.5. The van der Waals surface area contributed by atoms with Crippen LogP contribution in [-0.2, 0) is 42.7 Å². The smallest absolute Gasteiger partial charge is 0.465 e. The number of carbonyl (C=O) groups is 2. The Morgan fingerprint density at radius 3 is 2.05 bits per heavy atom. The minimum Gasteiger partial charge on any atom is -0.465 e. The lowest BCUT2D eigenvalue weighted by Crippen LogP contribution is -2.65. The van der Waals surface area contributed by atoms with Crippen molar-refractivity contribution in [2.45, 2.75) is 162 Å². The highest BCUT2D eigenvalue weighted by Crippen LogP contribution is 2.34. The van der Waals surface area contributed by atoms with Crippen LogP contribution in [0.1, 0.15) is 119 Å². The van der Waals surface area contributed by atoms with Gasteiger partial charge in [0.2, 0.25) is 0 Å². The van der Waals surface area contributed by atoms with Gasteiger partial charge in [0.05, 0.1) is 31.3 Å². The molecule has 0 radical (unpaired) electrons. The molecule has 0 spiro atoms. The maximum Gasteiger partial charge on any atom is 0.508 e. The Hall–Kier alpha value is -1.46. The van der Waals surface area contributed by atoms with E-state index < -0.39 is 42.3 Å². The highest BCUT2D eigenvalue weighted by atomic mass is 16.8. The van der Waals surface area contributed by atoms with E-state index in [2.05, 4.69) is 6.92 Å². The van der Waals surface area contributed by atoms with E-state index in [4.69, 9.17) is 37.9 Å². The van der Waals surface area contributed by atoms with E-state index in [-0.39, 0.29) is 31.6 Å². The van der Waals surface area contributed by atoms with E-state index in [0.717, 1.165) is 19.3 Å². The van der Waals surface area contributed by atoms with E-state index in [1.54, 1.807) is 20.8 Å². The second-order valence-corrected chi connectivity index (χ2v) is 12.7. The average molecular weight is 603 g/mol. The second-order valence-electron chi connectivity index (χ2n) is 12.7. The first-order valence-electron chi connectivity index (χ1n) is 16.2. The molecule has 3 unspecified atom stereocenters. The number of carbonyl (C=O) groups excluding carboxylic acids is 2. The summed E-state index contributed by atoms with van der Waals surface area (Å²) in [7, 11) is 1.50. The van der Waals surface area contributed by atoms with E-state index in [0.29, 0.717) is 19.4 Å². The molecule has 0 aromatic heterocycles. The molecule has 42 heavy (non-hydrogen) atoms. The van der Waals surface area contributed by atoms with Crippen LogP contribution in [0, 0.1) is 5.41 Å². The molecule has 0 N–H and O–H groups in total. The summed E-state index contributed by atoms with van der Waals surface area (Å²) in [5, 5.41) is 0. The zero-order valence-electron chi connectivity index (χ0n) is 27.2. The number of hydrogen-bond acceptors (Lipinski definition) is 10. The molecule has 0 aromatic carbocycles. The van der Waals surface area contributed by atoms with Gasteiger partial charge in [-0.25, -0.2) is 4.79 Å². The molecule has 10 heteroatoms. The number of ether oxygens (including phenoxy) is 8. The molecule has 2 rings (SSSR count). The quantitative estimate of drug-likeness (QED) is 0.117. The fraction of sp³-hybridized carbons (Fsp3) is 0.938. The van der Waals surface area contributed by atoms with Crippen molar-refractivity contribution in [3.05, 3.63) is 0 Å². The van der Waals surface area contributed by atoms with E-state index in [9.17, 15) is 9.59 Å². The van der Waals surface area contributed by atoms with Crippen molar-refractivity contribution < 1.29 is 47.5 Å². The van der Waals surface area contributed by atoms with Gasteiger partial charge in [-0.05, 0) is 60.3 Å². The van der Waals surface area contributed by atoms with Gasteiger partial charge in [-0.3, -0.25) is 4.79 Å². The highest BCUT2D eigenvalue weighted by molar-refractivity contribution is 5.75. The maximum absolute atomic E-state index is 12.6. The van der Waals surface area contributed by atoms with Gasteiger partial charge < -0.3 is 37.9 Å². The molecule has 0 aromatic rings. The number of rotatable bonds is 19. The summed E-state index contributed by atoms with van der Waals surface area (Å²) in [6, 6.07) is 0. The predicted molar refractivity (Wildman–Crippen MR) is 158 cm³/mol. The fourth-order valence-electron chi connectivity index (χ4n) is 5.04. The van der Waals surface area contributed by atoms with Crippen molar-refractivity contribution in [2.24, 2.45) is 5.41 Å². The molecule has 2 fully saturated rings. The first-order valence-corrected chi connectivity index (χ1v) is 16.2. The van der Waals surface area contributed by atoms with E-state index in [1.807, 2.05) is 13.8 Å². The van der Waals surface area contributed by atoms with Crippen molar-refractivity contribution in [1.82, 2.24) is 0 Å². The Kier molecular flexibility index (Phi) is 17.3. The Labute approximate surface area is 253 Å². The highest BCUT2D eigenvalue weighted by Gasteiger charge is 2.53. The molecule has 6 atom stereocenters. The van der Waals surface area contributed by atoms with Gasteiger partial charge in [-0.1, -0.05) is 58.3 Å². The summed E-state index contributed by atoms with van der Waals surface area (Å²) in [5.74, 6) is -0.258. The lowest BCUT2D eigenvalue weighted by molar-refractivity contribution is -0.363. The summed E-state index contributed by atoms with van der Waals surface area (Å²) >= 11 is 0. The minimum absolute atomic E-state index is 0.129. The number of unbranched alkanes of at least 4 members (excludes halogenated alkanes) is 9. The number of esters is 1. The topological polar surface area (TPSA) is 108 Å². The Bertz CT molecular complexity index is 752. The molecular weight excluding hydrogens is 544 g/mol.